The van der Waals surface area contributed by atoms with Crippen LogP contribution >= 0.6 is 0 Å². The van der Waals surface area contributed by atoms with Gasteiger partial charge in [0.15, 0.2) is 0 Å². The maximum absolute atomic E-state index is 13.4. The number of carbonyl (C=O) groups excluding carboxylic acids is 1. The number of hydrogen-bond acceptors (Lipinski definition) is 3. The van der Waals surface area contributed by atoms with Crippen LogP contribution < -0.4 is 10.0 Å². The summed E-state index contributed by atoms with van der Waals surface area (Å²) >= 11 is 0. The molecule has 0 spiro atoms. The van der Waals surface area contributed by atoms with Gasteiger partial charge in [-0.2, -0.15) is 0 Å². The molecule has 0 bridgehead atoms. The molecule has 1 aliphatic carbocycles. The molecule has 0 saturated heterocycles. The predicted octanol–water partition coefficient (Wildman–Crippen LogP) is 5.44. The third-order valence-electron chi connectivity index (χ3n) is 6.79. The molecule has 0 aliphatic heterocycles. The molecule has 1 heterocycles. The van der Waals surface area contributed by atoms with Crippen LogP contribution in [0.3, 0.4) is 0 Å². The zero-order chi connectivity index (χ0) is 27.1. The van der Waals surface area contributed by atoms with Crippen LogP contribution in [0.1, 0.15) is 48.2 Å². The molecule has 1 amide bonds. The first-order valence-electron chi connectivity index (χ1n) is 12.7. The maximum atomic E-state index is 13.4. The van der Waals surface area contributed by atoms with Crippen LogP contribution in [0.4, 0.5) is 10.1 Å². The van der Waals surface area contributed by atoms with Crippen LogP contribution in [0.25, 0.3) is 0 Å². The minimum Gasteiger partial charge on any atom is -0.337 e. The molecule has 0 fully saturated rings. The van der Waals surface area contributed by atoms with E-state index in [1.165, 1.54) is 41.3 Å². The van der Waals surface area contributed by atoms with E-state index < -0.39 is 16.8 Å². The molecule has 2 atom stereocenters. The molecule has 2 unspecified atom stereocenters. The summed E-state index contributed by atoms with van der Waals surface area (Å²) in [4.78, 5) is 20.0. The first kappa shape index (κ1) is 27.4. The highest BCUT2D eigenvalue weighted by atomic mass is 32.2. The van der Waals surface area contributed by atoms with E-state index in [1.807, 2.05) is 40.9 Å². The molecule has 198 valence electrons. The highest BCUT2D eigenvalue weighted by Crippen LogP contribution is 2.29. The molecule has 5 rings (SSSR count). The van der Waals surface area contributed by atoms with Crippen molar-refractivity contribution in [2.24, 2.45) is 12.2 Å². The van der Waals surface area contributed by atoms with Crippen LogP contribution in [-0.2, 0) is 42.2 Å². The van der Waals surface area contributed by atoms with Crippen LogP contribution in [0.15, 0.2) is 90.1 Å². The highest BCUT2D eigenvalue weighted by Gasteiger charge is 2.22. The van der Waals surface area contributed by atoms with E-state index in [2.05, 4.69) is 42.2 Å². The highest BCUT2D eigenvalue weighted by molar-refractivity contribution is 7.82. The Labute approximate surface area is 225 Å². The average molecular weight is 533 g/mol. The zero-order valence-corrected chi connectivity index (χ0v) is 22.5. The van der Waals surface area contributed by atoms with Crippen LogP contribution in [-0.4, -0.2) is 19.7 Å². The Kier molecular flexibility index (Phi) is 9.20. The third-order valence-corrected chi connectivity index (χ3v) is 7.51. The fourth-order valence-electron chi connectivity index (χ4n) is 4.60. The summed E-state index contributed by atoms with van der Waals surface area (Å²) in [5.74, 6) is 0.779. The van der Waals surface area contributed by atoms with Gasteiger partial charge in [0.25, 0.3) is 0 Å². The van der Waals surface area contributed by atoms with Crippen molar-refractivity contribution in [3.05, 3.63) is 114 Å². The normalized spacial score (nSPS) is 13.7. The van der Waals surface area contributed by atoms with Gasteiger partial charge in [-0.25, -0.2) is 18.7 Å². The average Bonchev–Trinajstić information content (AvgIpc) is 3.56. The van der Waals surface area contributed by atoms with E-state index in [9.17, 15) is 13.4 Å². The van der Waals surface area contributed by atoms with E-state index in [1.54, 1.807) is 6.20 Å². The first-order valence-corrected chi connectivity index (χ1v) is 13.9. The topological polar surface area (TPSA) is 81.2 Å². The molecule has 6 nitrogen and oxygen atoms in total. The molecule has 8 heteroatoms. The van der Waals surface area contributed by atoms with Crippen LogP contribution in [0.2, 0.25) is 0 Å². The predicted molar refractivity (Wildman–Crippen MR) is 149 cm³/mol. The van der Waals surface area contributed by atoms with Crippen molar-refractivity contribution in [3.8, 4) is 0 Å². The first-order chi connectivity index (χ1) is 18.3. The van der Waals surface area contributed by atoms with Gasteiger partial charge in [-0.1, -0.05) is 49.4 Å². The summed E-state index contributed by atoms with van der Waals surface area (Å²) in [6.45, 7) is 2.61. The summed E-state index contributed by atoms with van der Waals surface area (Å²) in [7, 11) is 0.393. The number of halogens is 1. The van der Waals surface area contributed by atoms with Gasteiger partial charge in [0.1, 0.15) is 22.6 Å². The van der Waals surface area contributed by atoms with Crippen molar-refractivity contribution in [3.63, 3.8) is 0 Å². The van der Waals surface area contributed by atoms with Gasteiger partial charge in [0.2, 0.25) is 5.91 Å². The number of imidazole rings is 1. The lowest BCUT2D eigenvalue weighted by Gasteiger charge is -2.25. The molecule has 0 saturated carbocycles. The van der Waals surface area contributed by atoms with Crippen molar-refractivity contribution >= 4 is 22.6 Å². The van der Waals surface area contributed by atoms with Crippen molar-refractivity contribution in [1.29, 1.82) is 0 Å². The molecule has 4 aromatic rings. The molecule has 38 heavy (non-hydrogen) atoms. The second-order valence-electron chi connectivity index (χ2n) is 9.51. The maximum Gasteiger partial charge on any atom is 0.228 e. The SMILES string of the molecule is CC(CC(=O)N(Cc1nccn1C)c1ccc2c(c1)CCC2)c1ccccc1.NS(=O)c1cccc(F)c1. The van der Waals surface area contributed by atoms with Crippen molar-refractivity contribution < 1.29 is 13.4 Å². The van der Waals surface area contributed by atoms with Crippen molar-refractivity contribution in [2.45, 2.75) is 50.0 Å². The van der Waals surface area contributed by atoms with E-state index in [0.29, 0.717) is 17.9 Å². The Morgan fingerprint density at radius 3 is 2.50 bits per heavy atom. The van der Waals surface area contributed by atoms with E-state index in [-0.39, 0.29) is 11.8 Å². The summed E-state index contributed by atoms with van der Waals surface area (Å²) in [6, 6.07) is 22.2. The Morgan fingerprint density at radius 1 is 1.08 bits per heavy atom. The monoisotopic (exact) mass is 532 g/mol. The third kappa shape index (κ3) is 7.02. The molecule has 0 radical (unpaired) electrons. The molecule has 3 aromatic carbocycles. The summed E-state index contributed by atoms with van der Waals surface area (Å²) in [5, 5.41) is 4.99. The lowest BCUT2D eigenvalue weighted by Crippen LogP contribution is -2.32. The lowest BCUT2D eigenvalue weighted by atomic mass is 9.97. The van der Waals surface area contributed by atoms with Gasteiger partial charge in [-0.15, -0.1) is 0 Å². The Morgan fingerprint density at radius 2 is 1.84 bits per heavy atom. The number of nitrogens with zero attached hydrogens (tertiary/aromatic N) is 3. The number of anilines is 1. The largest absolute Gasteiger partial charge is 0.337 e. The summed E-state index contributed by atoms with van der Waals surface area (Å²) in [6.07, 6.45) is 7.64. The molecule has 1 aliphatic rings. The molecule has 1 aromatic heterocycles. The number of nitrogens with two attached hydrogens (primary N) is 1. The number of aromatic nitrogens is 2. The van der Waals surface area contributed by atoms with Crippen LogP contribution in [0.5, 0.6) is 0 Å². The smallest absolute Gasteiger partial charge is 0.228 e. The standard InChI is InChI=1S/C24H27N3O.C6H6FNOS/c1-18(19-7-4-3-5-8-19)15-24(28)27(17-23-25-13-14-26(23)2)22-12-11-20-9-6-10-21(20)16-22;7-5-2-1-3-6(4-5)10(8)9/h3-5,7-8,11-14,16,18H,6,9-10,15,17H2,1-2H3;1-4H,8H2. The lowest BCUT2D eigenvalue weighted by molar-refractivity contribution is -0.119. The number of amides is 1. The quantitative estimate of drug-likeness (QED) is 0.344. The molecule has 2 N–H and O–H groups in total. The number of aryl methyl sites for hydroxylation is 3. The molecular weight excluding hydrogens is 499 g/mol. The van der Waals surface area contributed by atoms with Crippen LogP contribution in [0, 0.1) is 5.82 Å². The Bertz CT molecular complexity index is 1410. The van der Waals surface area contributed by atoms with Gasteiger partial charge >= 0.3 is 0 Å². The second kappa shape index (κ2) is 12.8. The number of benzene rings is 3. The van der Waals surface area contributed by atoms with Gasteiger partial charge in [-0.3, -0.25) is 4.79 Å². The minimum absolute atomic E-state index is 0.136. The van der Waals surface area contributed by atoms with E-state index in [4.69, 9.17) is 5.14 Å². The minimum atomic E-state index is -1.58. The Balaban J connectivity index is 0.000000283. The van der Waals surface area contributed by atoms with Gasteiger partial charge in [0.05, 0.1) is 11.4 Å². The number of fused-ring (bicyclic) bond motifs is 1. The zero-order valence-electron chi connectivity index (χ0n) is 21.7. The number of rotatable bonds is 7. The fourth-order valence-corrected chi connectivity index (χ4v) is 5.04. The van der Waals surface area contributed by atoms with E-state index in [0.717, 1.165) is 30.4 Å². The van der Waals surface area contributed by atoms with Crippen molar-refractivity contribution in [2.75, 3.05) is 4.90 Å². The fraction of sp³-hybridized carbons (Fsp3) is 0.267. The van der Waals surface area contributed by atoms with Crippen molar-refractivity contribution in [1.82, 2.24) is 9.55 Å². The number of carbonyl (C=O) groups is 1. The summed E-state index contributed by atoms with van der Waals surface area (Å²) in [5.41, 5.74) is 4.98. The Hall–Kier alpha value is -3.62. The van der Waals surface area contributed by atoms with Gasteiger partial charge < -0.3 is 9.47 Å². The summed E-state index contributed by atoms with van der Waals surface area (Å²) < 4.78 is 24.8. The molecular formula is C30H33FN4O2S. The van der Waals surface area contributed by atoms with E-state index >= 15 is 0 Å². The van der Waals surface area contributed by atoms with Gasteiger partial charge in [-0.05, 0) is 72.2 Å². The second-order valence-corrected chi connectivity index (χ2v) is 10.6. The number of hydrogen-bond donors (Lipinski definition) is 1. The van der Waals surface area contributed by atoms with Gasteiger partial charge in [0, 0.05) is 31.5 Å².